The molecule has 150 valence electrons. The van der Waals surface area contributed by atoms with Crippen molar-refractivity contribution in [1.29, 1.82) is 0 Å². The molecular weight excluding hydrogens is 362 g/mol. The molecule has 1 aromatic carbocycles. The third kappa shape index (κ3) is 5.05. The highest BCUT2D eigenvalue weighted by Crippen LogP contribution is 2.20. The summed E-state index contributed by atoms with van der Waals surface area (Å²) in [6.07, 6.45) is 1.65. The molecule has 0 unspecified atom stereocenters. The van der Waals surface area contributed by atoms with Crippen LogP contribution in [0.3, 0.4) is 0 Å². The second-order valence-corrected chi connectivity index (χ2v) is 6.74. The summed E-state index contributed by atoms with van der Waals surface area (Å²) in [5, 5.41) is 11.2. The third-order valence-electron chi connectivity index (χ3n) is 4.82. The topological polar surface area (TPSA) is 99.4 Å². The zero-order valence-corrected chi connectivity index (χ0v) is 16.2. The minimum atomic E-state index is -0.151. The molecule has 2 aromatic rings. The van der Waals surface area contributed by atoms with E-state index in [9.17, 15) is 9.59 Å². The Hall–Kier alpha value is -2.97. The molecule has 1 aliphatic heterocycles. The first-order valence-electron chi connectivity index (χ1n) is 9.44. The average Bonchev–Trinajstić information content (AvgIpc) is 3.12. The number of benzene rings is 1. The largest absolute Gasteiger partial charge is 0.486 e. The first-order chi connectivity index (χ1) is 13.6. The van der Waals surface area contributed by atoms with Gasteiger partial charge in [0.2, 0.25) is 5.91 Å². The standard InChI is InChI=1S/C19H25N5O4/c1-3-27-19(26)15-8-10-24(11-9-15)18(25)12-14-4-6-16(7-5-14)28-13-17-20-21-22-23(17)2/h4-7,15H,3,8-13H2,1-2H3. The molecule has 1 fully saturated rings. The van der Waals surface area contributed by atoms with Gasteiger partial charge in [-0.25, -0.2) is 4.68 Å². The van der Waals surface area contributed by atoms with Gasteiger partial charge < -0.3 is 14.4 Å². The lowest BCUT2D eigenvalue weighted by atomic mass is 9.96. The quantitative estimate of drug-likeness (QED) is 0.657. The lowest BCUT2D eigenvalue weighted by molar-refractivity contribution is -0.151. The van der Waals surface area contributed by atoms with E-state index in [2.05, 4.69) is 15.5 Å². The van der Waals surface area contributed by atoms with Crippen molar-refractivity contribution >= 4 is 11.9 Å². The number of aryl methyl sites for hydroxylation is 1. The SMILES string of the molecule is CCOC(=O)C1CCN(C(=O)Cc2ccc(OCc3nnnn3C)cc2)CC1. The Morgan fingerprint density at radius 2 is 1.89 bits per heavy atom. The number of piperidine rings is 1. The van der Waals surface area contributed by atoms with E-state index in [1.165, 1.54) is 0 Å². The average molecular weight is 387 g/mol. The van der Waals surface area contributed by atoms with Crippen molar-refractivity contribution in [3.8, 4) is 5.75 Å². The number of aromatic nitrogens is 4. The number of hydrogen-bond donors (Lipinski definition) is 0. The van der Waals surface area contributed by atoms with Crippen molar-refractivity contribution in [3.63, 3.8) is 0 Å². The molecule has 9 heteroatoms. The number of ether oxygens (including phenoxy) is 2. The van der Waals surface area contributed by atoms with Crippen LogP contribution >= 0.6 is 0 Å². The van der Waals surface area contributed by atoms with Gasteiger partial charge in [-0.3, -0.25) is 9.59 Å². The maximum atomic E-state index is 12.5. The van der Waals surface area contributed by atoms with E-state index in [-0.39, 0.29) is 24.4 Å². The number of nitrogens with zero attached hydrogens (tertiary/aromatic N) is 5. The van der Waals surface area contributed by atoms with E-state index in [1.807, 2.05) is 29.2 Å². The molecule has 28 heavy (non-hydrogen) atoms. The number of carbonyl (C=O) groups excluding carboxylic acids is 2. The number of carbonyl (C=O) groups is 2. The summed E-state index contributed by atoms with van der Waals surface area (Å²) in [6.45, 7) is 3.66. The van der Waals surface area contributed by atoms with E-state index in [0.717, 1.165) is 5.56 Å². The number of likely N-dealkylation sites (tertiary alicyclic amines) is 1. The highest BCUT2D eigenvalue weighted by Gasteiger charge is 2.28. The van der Waals surface area contributed by atoms with Crippen molar-refractivity contribution in [2.45, 2.75) is 32.8 Å². The lowest BCUT2D eigenvalue weighted by Crippen LogP contribution is -2.41. The second-order valence-electron chi connectivity index (χ2n) is 6.74. The van der Waals surface area contributed by atoms with Gasteiger partial charge in [0.05, 0.1) is 18.9 Å². The fraction of sp³-hybridized carbons (Fsp3) is 0.526. The van der Waals surface area contributed by atoms with E-state index in [1.54, 1.807) is 18.7 Å². The van der Waals surface area contributed by atoms with E-state index < -0.39 is 0 Å². The number of tetrazole rings is 1. The number of amides is 1. The number of rotatable bonds is 7. The third-order valence-corrected chi connectivity index (χ3v) is 4.82. The maximum Gasteiger partial charge on any atom is 0.309 e. The van der Waals surface area contributed by atoms with Gasteiger partial charge in [-0.2, -0.15) is 0 Å². The minimum absolute atomic E-state index is 0.0705. The predicted octanol–water partition coefficient (Wildman–Crippen LogP) is 1.13. The summed E-state index contributed by atoms with van der Waals surface area (Å²) in [4.78, 5) is 26.1. The number of esters is 1. The molecule has 0 radical (unpaired) electrons. The molecule has 0 N–H and O–H groups in total. The molecule has 3 rings (SSSR count). The fourth-order valence-electron chi connectivity index (χ4n) is 3.13. The Morgan fingerprint density at radius 3 is 2.50 bits per heavy atom. The van der Waals surface area contributed by atoms with E-state index in [0.29, 0.717) is 50.5 Å². The van der Waals surface area contributed by atoms with Gasteiger partial charge in [0.25, 0.3) is 0 Å². The maximum absolute atomic E-state index is 12.5. The Balaban J connectivity index is 1.45. The molecule has 0 spiro atoms. The zero-order chi connectivity index (χ0) is 19.9. The Bertz CT molecular complexity index is 797. The van der Waals surface area contributed by atoms with Crippen LogP contribution in [0.2, 0.25) is 0 Å². The molecule has 0 aliphatic carbocycles. The van der Waals surface area contributed by atoms with E-state index >= 15 is 0 Å². The number of hydrogen-bond acceptors (Lipinski definition) is 7. The monoisotopic (exact) mass is 387 g/mol. The summed E-state index contributed by atoms with van der Waals surface area (Å²) in [6, 6.07) is 7.43. The lowest BCUT2D eigenvalue weighted by Gasteiger charge is -2.31. The Kier molecular flexibility index (Phi) is 6.57. The first-order valence-corrected chi connectivity index (χ1v) is 9.44. The summed E-state index contributed by atoms with van der Waals surface area (Å²) in [5.41, 5.74) is 0.921. The Labute approximate surface area is 163 Å². The van der Waals surface area contributed by atoms with Gasteiger partial charge in [-0.15, -0.1) is 5.10 Å². The van der Waals surface area contributed by atoms with E-state index in [4.69, 9.17) is 9.47 Å². The van der Waals surface area contributed by atoms with Crippen molar-refractivity contribution in [3.05, 3.63) is 35.7 Å². The van der Waals surface area contributed by atoms with Crippen LogP contribution in [0.4, 0.5) is 0 Å². The summed E-state index contributed by atoms with van der Waals surface area (Å²) >= 11 is 0. The molecule has 1 amide bonds. The molecule has 1 aromatic heterocycles. The van der Waals surface area contributed by atoms with Gasteiger partial charge in [0.1, 0.15) is 12.4 Å². The highest BCUT2D eigenvalue weighted by molar-refractivity contribution is 5.79. The van der Waals surface area contributed by atoms with Crippen LogP contribution in [0.5, 0.6) is 5.75 Å². The molecular formula is C19H25N5O4. The fourth-order valence-corrected chi connectivity index (χ4v) is 3.13. The molecule has 0 atom stereocenters. The van der Waals surface area contributed by atoms with Crippen LogP contribution in [0.1, 0.15) is 31.2 Å². The Morgan fingerprint density at radius 1 is 1.18 bits per heavy atom. The minimum Gasteiger partial charge on any atom is -0.486 e. The first kappa shape index (κ1) is 19.8. The zero-order valence-electron chi connectivity index (χ0n) is 16.2. The second kappa shape index (κ2) is 9.29. The van der Waals surface area contributed by atoms with Crippen LogP contribution < -0.4 is 4.74 Å². The van der Waals surface area contributed by atoms with Crippen molar-refractivity contribution in [2.75, 3.05) is 19.7 Å². The van der Waals surface area contributed by atoms with Crippen LogP contribution in [-0.4, -0.2) is 56.7 Å². The van der Waals surface area contributed by atoms with Crippen molar-refractivity contribution in [1.82, 2.24) is 25.1 Å². The van der Waals surface area contributed by atoms with Crippen molar-refractivity contribution in [2.24, 2.45) is 13.0 Å². The summed E-state index contributed by atoms with van der Waals surface area (Å²) in [5.74, 6) is 1.15. The van der Waals surface area contributed by atoms with Crippen LogP contribution in [0.15, 0.2) is 24.3 Å². The predicted molar refractivity (Wildman–Crippen MR) is 99.2 cm³/mol. The molecule has 9 nitrogen and oxygen atoms in total. The van der Waals surface area contributed by atoms with Gasteiger partial charge in [0.15, 0.2) is 5.82 Å². The van der Waals surface area contributed by atoms with Crippen LogP contribution in [0.25, 0.3) is 0 Å². The molecule has 0 bridgehead atoms. The van der Waals surface area contributed by atoms with Gasteiger partial charge >= 0.3 is 5.97 Å². The molecule has 2 heterocycles. The summed E-state index contributed by atoms with van der Waals surface area (Å²) < 4.78 is 12.3. The molecule has 1 aliphatic rings. The smallest absolute Gasteiger partial charge is 0.309 e. The summed E-state index contributed by atoms with van der Waals surface area (Å²) in [7, 11) is 1.75. The molecule has 1 saturated heterocycles. The molecule has 0 saturated carbocycles. The highest BCUT2D eigenvalue weighted by atomic mass is 16.5. The van der Waals surface area contributed by atoms with Crippen LogP contribution in [-0.2, 0) is 34.4 Å². The normalized spacial score (nSPS) is 14.7. The van der Waals surface area contributed by atoms with Crippen LogP contribution in [0, 0.1) is 5.92 Å². The van der Waals surface area contributed by atoms with Gasteiger partial charge in [0, 0.05) is 20.1 Å². The van der Waals surface area contributed by atoms with Gasteiger partial charge in [-0.05, 0) is 47.9 Å². The van der Waals surface area contributed by atoms with Gasteiger partial charge in [-0.1, -0.05) is 12.1 Å². The van der Waals surface area contributed by atoms with Crippen molar-refractivity contribution < 1.29 is 19.1 Å².